The van der Waals surface area contributed by atoms with Crippen molar-refractivity contribution >= 4 is 5.91 Å². The standard InChI is InChI=1S/C18H24N4O2/c1-24-17-5-3-2-4-14(17)8-9-20-18(23)7-6-15-12-16-13-19-10-11-22(16)21-15/h2-5,12,19H,6-11,13H2,1H3,(H,20,23). The first-order chi connectivity index (χ1) is 11.8. The molecule has 1 aliphatic rings. The van der Waals surface area contributed by atoms with Crippen LogP contribution in [0.25, 0.3) is 0 Å². The number of aromatic nitrogens is 2. The largest absolute Gasteiger partial charge is 0.496 e. The van der Waals surface area contributed by atoms with Gasteiger partial charge in [0.2, 0.25) is 5.91 Å². The summed E-state index contributed by atoms with van der Waals surface area (Å²) in [6, 6.07) is 9.98. The van der Waals surface area contributed by atoms with E-state index < -0.39 is 0 Å². The number of carbonyl (C=O) groups is 1. The number of hydrogen-bond donors (Lipinski definition) is 2. The predicted molar refractivity (Wildman–Crippen MR) is 92.0 cm³/mol. The molecule has 2 heterocycles. The highest BCUT2D eigenvalue weighted by atomic mass is 16.5. The van der Waals surface area contributed by atoms with Crippen molar-refractivity contribution in [2.24, 2.45) is 0 Å². The SMILES string of the molecule is COc1ccccc1CCNC(=O)CCc1cc2n(n1)CCNC2. The van der Waals surface area contributed by atoms with E-state index in [4.69, 9.17) is 4.74 Å². The molecule has 6 heteroatoms. The molecule has 24 heavy (non-hydrogen) atoms. The number of aryl methyl sites for hydroxylation is 1. The molecule has 0 unspecified atom stereocenters. The van der Waals surface area contributed by atoms with E-state index in [0.717, 1.165) is 43.1 Å². The van der Waals surface area contributed by atoms with E-state index in [9.17, 15) is 4.79 Å². The van der Waals surface area contributed by atoms with Crippen molar-refractivity contribution in [1.29, 1.82) is 0 Å². The van der Waals surface area contributed by atoms with E-state index in [1.54, 1.807) is 7.11 Å². The predicted octanol–water partition coefficient (Wildman–Crippen LogP) is 1.29. The van der Waals surface area contributed by atoms with Gasteiger partial charge in [0, 0.05) is 32.5 Å². The summed E-state index contributed by atoms with van der Waals surface area (Å²) in [4.78, 5) is 12.0. The Bertz CT molecular complexity index is 673. The smallest absolute Gasteiger partial charge is 0.220 e. The second kappa shape index (κ2) is 7.97. The van der Waals surface area contributed by atoms with Gasteiger partial charge in [0.1, 0.15) is 5.75 Å². The molecular weight excluding hydrogens is 304 g/mol. The summed E-state index contributed by atoms with van der Waals surface area (Å²) < 4.78 is 7.35. The highest BCUT2D eigenvalue weighted by Gasteiger charge is 2.12. The fourth-order valence-electron chi connectivity index (χ4n) is 2.95. The molecule has 0 saturated carbocycles. The third kappa shape index (κ3) is 4.14. The number of nitrogens with zero attached hydrogens (tertiary/aromatic N) is 2. The minimum atomic E-state index is 0.0639. The zero-order valence-corrected chi connectivity index (χ0v) is 14.0. The summed E-state index contributed by atoms with van der Waals surface area (Å²) in [6.07, 6.45) is 1.91. The topological polar surface area (TPSA) is 68.2 Å². The Balaban J connectivity index is 1.42. The van der Waals surface area contributed by atoms with Crippen molar-refractivity contribution in [3.63, 3.8) is 0 Å². The average Bonchev–Trinajstić information content (AvgIpc) is 3.03. The number of nitrogens with one attached hydrogen (secondary N) is 2. The van der Waals surface area contributed by atoms with E-state index in [0.29, 0.717) is 19.4 Å². The Morgan fingerprint density at radius 3 is 3.08 bits per heavy atom. The number of carbonyl (C=O) groups excluding carboxylic acids is 1. The Labute approximate surface area is 142 Å². The Morgan fingerprint density at radius 1 is 1.38 bits per heavy atom. The Kier molecular flexibility index (Phi) is 5.48. The number of ether oxygens (including phenoxy) is 1. The summed E-state index contributed by atoms with van der Waals surface area (Å²) in [7, 11) is 1.66. The van der Waals surface area contributed by atoms with E-state index in [1.165, 1.54) is 5.69 Å². The van der Waals surface area contributed by atoms with Gasteiger partial charge in [-0.3, -0.25) is 9.48 Å². The maximum absolute atomic E-state index is 12.0. The number of amides is 1. The van der Waals surface area contributed by atoms with Crippen molar-refractivity contribution in [2.45, 2.75) is 32.4 Å². The molecule has 0 atom stereocenters. The van der Waals surface area contributed by atoms with Crippen molar-refractivity contribution in [3.05, 3.63) is 47.3 Å². The van der Waals surface area contributed by atoms with E-state index in [-0.39, 0.29) is 5.91 Å². The van der Waals surface area contributed by atoms with Crippen LogP contribution >= 0.6 is 0 Å². The molecule has 0 saturated heterocycles. The summed E-state index contributed by atoms with van der Waals surface area (Å²) in [6.45, 7) is 3.33. The maximum atomic E-state index is 12.0. The molecule has 1 aliphatic heterocycles. The monoisotopic (exact) mass is 328 g/mol. The molecule has 0 radical (unpaired) electrons. The highest BCUT2D eigenvalue weighted by molar-refractivity contribution is 5.76. The number of fused-ring (bicyclic) bond motifs is 1. The third-order valence-corrected chi connectivity index (χ3v) is 4.24. The molecular formula is C18H24N4O2. The van der Waals surface area contributed by atoms with Crippen molar-refractivity contribution in [1.82, 2.24) is 20.4 Å². The lowest BCUT2D eigenvalue weighted by atomic mass is 10.1. The molecule has 2 N–H and O–H groups in total. The van der Waals surface area contributed by atoms with E-state index >= 15 is 0 Å². The first-order valence-electron chi connectivity index (χ1n) is 8.41. The third-order valence-electron chi connectivity index (χ3n) is 4.24. The average molecular weight is 328 g/mol. The number of para-hydroxylation sites is 1. The van der Waals surface area contributed by atoms with Crippen LogP contribution in [0.15, 0.2) is 30.3 Å². The Morgan fingerprint density at radius 2 is 2.25 bits per heavy atom. The van der Waals surface area contributed by atoms with Crippen LogP contribution in [-0.4, -0.2) is 35.9 Å². The second-order valence-electron chi connectivity index (χ2n) is 5.94. The highest BCUT2D eigenvalue weighted by Crippen LogP contribution is 2.17. The van der Waals surface area contributed by atoms with Gasteiger partial charge in [-0.1, -0.05) is 18.2 Å². The summed E-state index contributed by atoms with van der Waals surface area (Å²) >= 11 is 0. The van der Waals surface area contributed by atoms with Gasteiger partial charge >= 0.3 is 0 Å². The summed E-state index contributed by atoms with van der Waals surface area (Å²) in [5.74, 6) is 0.929. The molecule has 3 rings (SSSR count). The van der Waals surface area contributed by atoms with Gasteiger partial charge in [0.15, 0.2) is 0 Å². The number of benzene rings is 1. The maximum Gasteiger partial charge on any atom is 0.220 e. The summed E-state index contributed by atoms with van der Waals surface area (Å²) in [5, 5.41) is 10.8. The molecule has 6 nitrogen and oxygen atoms in total. The molecule has 128 valence electrons. The van der Waals surface area contributed by atoms with Gasteiger partial charge in [-0.05, 0) is 24.1 Å². The molecule has 0 bridgehead atoms. The van der Waals surface area contributed by atoms with E-state index in [1.807, 2.05) is 28.9 Å². The lowest BCUT2D eigenvalue weighted by molar-refractivity contribution is -0.121. The first kappa shape index (κ1) is 16.5. The minimum absolute atomic E-state index is 0.0639. The molecule has 1 aromatic heterocycles. The van der Waals surface area contributed by atoms with Crippen LogP contribution in [0.2, 0.25) is 0 Å². The van der Waals surface area contributed by atoms with Crippen molar-refractivity contribution in [2.75, 3.05) is 20.2 Å². The fourth-order valence-corrected chi connectivity index (χ4v) is 2.95. The van der Waals surface area contributed by atoms with Gasteiger partial charge in [-0.2, -0.15) is 5.10 Å². The van der Waals surface area contributed by atoms with Crippen molar-refractivity contribution in [3.8, 4) is 5.75 Å². The number of hydrogen-bond acceptors (Lipinski definition) is 4. The molecule has 1 amide bonds. The molecule has 2 aromatic rings. The van der Waals surface area contributed by atoms with Crippen LogP contribution in [0.3, 0.4) is 0 Å². The van der Waals surface area contributed by atoms with Crippen molar-refractivity contribution < 1.29 is 9.53 Å². The lowest BCUT2D eigenvalue weighted by Crippen LogP contribution is -2.28. The van der Waals surface area contributed by atoms with Gasteiger partial charge in [-0.25, -0.2) is 0 Å². The summed E-state index contributed by atoms with van der Waals surface area (Å²) in [5.41, 5.74) is 3.30. The zero-order valence-electron chi connectivity index (χ0n) is 14.0. The van der Waals surface area contributed by atoms with Gasteiger partial charge in [0.05, 0.1) is 25.0 Å². The zero-order chi connectivity index (χ0) is 16.8. The van der Waals surface area contributed by atoms with Gasteiger partial charge < -0.3 is 15.4 Å². The normalized spacial score (nSPS) is 13.4. The van der Waals surface area contributed by atoms with Crippen LogP contribution in [0.1, 0.15) is 23.4 Å². The minimum Gasteiger partial charge on any atom is -0.496 e. The molecule has 0 spiro atoms. The fraction of sp³-hybridized carbons (Fsp3) is 0.444. The molecule has 0 aliphatic carbocycles. The molecule has 1 aromatic carbocycles. The second-order valence-corrected chi connectivity index (χ2v) is 5.94. The van der Waals surface area contributed by atoms with E-state index in [2.05, 4.69) is 21.8 Å². The van der Waals surface area contributed by atoms with Crippen LogP contribution in [-0.2, 0) is 30.7 Å². The number of methoxy groups -OCH3 is 1. The quantitative estimate of drug-likeness (QED) is 0.804. The van der Waals surface area contributed by atoms with Crippen LogP contribution in [0.5, 0.6) is 5.75 Å². The van der Waals surface area contributed by atoms with Crippen LogP contribution < -0.4 is 15.4 Å². The number of rotatable bonds is 7. The molecule has 0 fully saturated rings. The van der Waals surface area contributed by atoms with Crippen LogP contribution in [0, 0.1) is 0 Å². The lowest BCUT2D eigenvalue weighted by Gasteiger charge is -2.13. The first-order valence-corrected chi connectivity index (χ1v) is 8.41. The van der Waals surface area contributed by atoms with Gasteiger partial charge in [-0.15, -0.1) is 0 Å². The van der Waals surface area contributed by atoms with Gasteiger partial charge in [0.25, 0.3) is 0 Å². The Hall–Kier alpha value is -2.34. The van der Waals surface area contributed by atoms with Crippen LogP contribution in [0.4, 0.5) is 0 Å².